The average Bonchev–Trinajstić information content (AvgIpc) is 2.59. The Hall–Kier alpha value is -1.43. The van der Waals surface area contributed by atoms with Crippen molar-refractivity contribution >= 4 is 32.9 Å². The van der Waals surface area contributed by atoms with Crippen molar-refractivity contribution in [3.63, 3.8) is 0 Å². The van der Waals surface area contributed by atoms with Crippen LogP contribution in [0.2, 0.25) is 0 Å². The molecule has 0 aliphatic rings. The number of nitrogens with zero attached hydrogens (tertiary/aromatic N) is 1. The van der Waals surface area contributed by atoms with Crippen LogP contribution in [0, 0.1) is 5.82 Å². The largest absolute Gasteiger partial charge is 0.465 e. The Bertz CT molecular complexity index is 538. The van der Waals surface area contributed by atoms with Crippen LogP contribution >= 0.6 is 15.9 Å². The molecule has 0 bridgehead atoms. The predicted octanol–water partition coefficient (Wildman–Crippen LogP) is 2.25. The summed E-state index contributed by atoms with van der Waals surface area (Å²) >= 11 is 3.09. The topological polar surface area (TPSA) is 55.0 Å². The van der Waals surface area contributed by atoms with Gasteiger partial charge in [-0.25, -0.2) is 14.2 Å². The molecule has 2 aromatic rings. The molecule has 0 saturated heterocycles. The van der Waals surface area contributed by atoms with Crippen LogP contribution in [0.1, 0.15) is 10.4 Å². The first-order valence-corrected chi connectivity index (χ1v) is 4.85. The molecule has 0 atom stereocenters. The first-order chi connectivity index (χ1) is 7.13. The molecule has 1 aromatic carbocycles. The standard InChI is InChI=1S/C9H6BrFN2O2/c1-15-8(14)4-2-3-5-7(6(4)11)13-9(10)12-5/h2-3H,1H3,(H,12,13). The Labute approximate surface area is 92.6 Å². The molecule has 1 aromatic heterocycles. The zero-order valence-electron chi connectivity index (χ0n) is 7.67. The molecule has 4 nitrogen and oxygen atoms in total. The summed E-state index contributed by atoms with van der Waals surface area (Å²) in [4.78, 5) is 17.8. The van der Waals surface area contributed by atoms with Gasteiger partial charge in [-0.15, -0.1) is 0 Å². The lowest BCUT2D eigenvalue weighted by Crippen LogP contribution is -2.04. The van der Waals surface area contributed by atoms with Crippen LogP contribution in [0.15, 0.2) is 16.9 Å². The van der Waals surface area contributed by atoms with E-state index in [0.29, 0.717) is 10.3 Å². The quantitative estimate of drug-likeness (QED) is 0.811. The fourth-order valence-corrected chi connectivity index (χ4v) is 1.67. The number of halogens is 2. The fourth-order valence-electron chi connectivity index (χ4n) is 1.28. The number of esters is 1. The number of hydrogen-bond donors (Lipinski definition) is 1. The summed E-state index contributed by atoms with van der Waals surface area (Å²) in [6, 6.07) is 2.93. The van der Waals surface area contributed by atoms with Crippen molar-refractivity contribution in [2.24, 2.45) is 0 Å². The van der Waals surface area contributed by atoms with E-state index < -0.39 is 11.8 Å². The van der Waals surface area contributed by atoms with Crippen LogP contribution in [0.4, 0.5) is 4.39 Å². The Morgan fingerprint density at radius 1 is 1.60 bits per heavy atom. The Morgan fingerprint density at radius 3 is 3.00 bits per heavy atom. The normalized spacial score (nSPS) is 10.6. The fraction of sp³-hybridized carbons (Fsp3) is 0.111. The third kappa shape index (κ3) is 1.61. The first-order valence-electron chi connectivity index (χ1n) is 4.05. The Morgan fingerprint density at radius 2 is 2.33 bits per heavy atom. The maximum atomic E-state index is 13.7. The molecule has 1 N–H and O–H groups in total. The SMILES string of the molecule is COC(=O)c1ccc2[nH]c(Br)nc2c1F. The average molecular weight is 273 g/mol. The van der Waals surface area contributed by atoms with Crippen molar-refractivity contribution < 1.29 is 13.9 Å². The molecule has 0 saturated carbocycles. The van der Waals surface area contributed by atoms with E-state index in [1.54, 1.807) is 6.07 Å². The van der Waals surface area contributed by atoms with Crippen molar-refractivity contribution in [2.45, 2.75) is 0 Å². The maximum Gasteiger partial charge on any atom is 0.340 e. The minimum absolute atomic E-state index is 0.116. The number of ether oxygens (including phenoxy) is 1. The van der Waals surface area contributed by atoms with E-state index in [1.165, 1.54) is 13.2 Å². The highest BCUT2D eigenvalue weighted by Gasteiger charge is 2.16. The highest BCUT2D eigenvalue weighted by molar-refractivity contribution is 9.10. The van der Waals surface area contributed by atoms with Gasteiger partial charge >= 0.3 is 5.97 Å². The van der Waals surface area contributed by atoms with E-state index in [1.807, 2.05) is 0 Å². The molecular formula is C9H6BrFN2O2. The van der Waals surface area contributed by atoms with Crippen LogP contribution in [-0.4, -0.2) is 23.0 Å². The van der Waals surface area contributed by atoms with Gasteiger partial charge in [-0.3, -0.25) is 0 Å². The van der Waals surface area contributed by atoms with Crippen LogP contribution in [-0.2, 0) is 4.74 Å². The third-order valence-corrected chi connectivity index (χ3v) is 2.34. The molecule has 2 rings (SSSR count). The highest BCUT2D eigenvalue weighted by atomic mass is 79.9. The number of rotatable bonds is 1. The molecule has 78 valence electrons. The van der Waals surface area contributed by atoms with Crippen molar-refractivity contribution in [1.82, 2.24) is 9.97 Å². The Balaban J connectivity index is 2.69. The van der Waals surface area contributed by atoms with Gasteiger partial charge in [-0.05, 0) is 28.1 Å². The smallest absolute Gasteiger partial charge is 0.340 e. The van der Waals surface area contributed by atoms with Gasteiger partial charge in [0.25, 0.3) is 0 Å². The van der Waals surface area contributed by atoms with Gasteiger partial charge < -0.3 is 9.72 Å². The minimum Gasteiger partial charge on any atom is -0.465 e. The molecular weight excluding hydrogens is 267 g/mol. The molecule has 15 heavy (non-hydrogen) atoms. The second-order valence-corrected chi connectivity index (χ2v) is 3.59. The third-order valence-electron chi connectivity index (χ3n) is 1.97. The molecule has 0 spiro atoms. The van der Waals surface area contributed by atoms with Gasteiger partial charge in [0, 0.05) is 0 Å². The number of carbonyl (C=O) groups is 1. The van der Waals surface area contributed by atoms with Gasteiger partial charge in [0.1, 0.15) is 5.52 Å². The van der Waals surface area contributed by atoms with E-state index in [2.05, 4.69) is 30.6 Å². The summed E-state index contributed by atoms with van der Waals surface area (Å²) in [6.07, 6.45) is 0. The number of hydrogen-bond acceptors (Lipinski definition) is 3. The molecule has 0 fully saturated rings. The second-order valence-electron chi connectivity index (χ2n) is 2.84. The van der Waals surface area contributed by atoms with Crippen molar-refractivity contribution in [2.75, 3.05) is 7.11 Å². The summed E-state index contributed by atoms with van der Waals surface area (Å²) in [5, 5.41) is 0. The number of H-pyrrole nitrogens is 1. The lowest BCUT2D eigenvalue weighted by molar-refractivity contribution is 0.0596. The van der Waals surface area contributed by atoms with E-state index >= 15 is 0 Å². The lowest BCUT2D eigenvalue weighted by Gasteiger charge is -2.00. The summed E-state index contributed by atoms with van der Waals surface area (Å²) in [5.74, 6) is -1.39. The number of carbonyl (C=O) groups excluding carboxylic acids is 1. The van der Waals surface area contributed by atoms with Gasteiger partial charge in [0.2, 0.25) is 0 Å². The van der Waals surface area contributed by atoms with Gasteiger partial charge in [-0.2, -0.15) is 0 Å². The van der Waals surface area contributed by atoms with Crippen LogP contribution < -0.4 is 0 Å². The molecule has 0 unspecified atom stereocenters. The molecule has 0 radical (unpaired) electrons. The number of nitrogens with one attached hydrogen (secondary N) is 1. The van der Waals surface area contributed by atoms with Gasteiger partial charge in [-0.1, -0.05) is 0 Å². The van der Waals surface area contributed by atoms with Crippen molar-refractivity contribution in [1.29, 1.82) is 0 Å². The maximum absolute atomic E-state index is 13.7. The minimum atomic E-state index is -0.714. The predicted molar refractivity (Wildman–Crippen MR) is 55.1 cm³/mol. The second kappa shape index (κ2) is 3.62. The zero-order chi connectivity index (χ0) is 11.0. The van der Waals surface area contributed by atoms with Crippen molar-refractivity contribution in [3.05, 3.63) is 28.2 Å². The van der Waals surface area contributed by atoms with Crippen molar-refractivity contribution in [3.8, 4) is 0 Å². The molecule has 0 amide bonds. The number of imidazole rings is 1. The summed E-state index contributed by atoms with van der Waals surface area (Å²) in [6.45, 7) is 0. The molecule has 0 aliphatic carbocycles. The number of aromatic nitrogens is 2. The zero-order valence-corrected chi connectivity index (χ0v) is 9.26. The molecule has 1 heterocycles. The van der Waals surface area contributed by atoms with E-state index in [4.69, 9.17) is 0 Å². The number of fused-ring (bicyclic) bond motifs is 1. The summed E-state index contributed by atoms with van der Waals surface area (Å²) in [5.41, 5.74) is 0.515. The monoisotopic (exact) mass is 272 g/mol. The van der Waals surface area contributed by atoms with Crippen LogP contribution in [0.25, 0.3) is 11.0 Å². The van der Waals surface area contributed by atoms with E-state index in [9.17, 15) is 9.18 Å². The number of aromatic amines is 1. The Kier molecular flexibility index (Phi) is 2.44. The molecule has 6 heteroatoms. The van der Waals surface area contributed by atoms with Crippen LogP contribution in [0.5, 0.6) is 0 Å². The van der Waals surface area contributed by atoms with Gasteiger partial charge in [0.05, 0.1) is 18.2 Å². The first kappa shape index (κ1) is 10.1. The summed E-state index contributed by atoms with van der Waals surface area (Å²) in [7, 11) is 1.20. The lowest BCUT2D eigenvalue weighted by atomic mass is 10.2. The number of methoxy groups -OCH3 is 1. The van der Waals surface area contributed by atoms with Crippen LogP contribution in [0.3, 0.4) is 0 Å². The number of benzene rings is 1. The van der Waals surface area contributed by atoms with E-state index in [0.717, 1.165) is 0 Å². The van der Waals surface area contributed by atoms with E-state index in [-0.39, 0.29) is 11.1 Å². The molecule has 0 aliphatic heterocycles. The van der Waals surface area contributed by atoms with Gasteiger partial charge in [0.15, 0.2) is 10.6 Å². The highest BCUT2D eigenvalue weighted by Crippen LogP contribution is 2.21. The summed E-state index contributed by atoms with van der Waals surface area (Å²) < 4.78 is 18.6.